The molecule has 5 nitrogen and oxygen atoms in total. The number of para-hydroxylation sites is 1. The van der Waals surface area contributed by atoms with Crippen LogP contribution in [0.5, 0.6) is 0 Å². The molecule has 2 aliphatic heterocycles. The molecule has 24 heavy (non-hydrogen) atoms. The lowest BCUT2D eigenvalue weighted by Gasteiger charge is -2.20. The molecule has 124 valence electrons. The van der Waals surface area contributed by atoms with Crippen molar-refractivity contribution >= 4 is 27.3 Å². The first kappa shape index (κ1) is 15.2. The van der Waals surface area contributed by atoms with E-state index in [1.165, 1.54) is 4.31 Å². The number of nitrogens with one attached hydrogen (secondary N) is 1. The van der Waals surface area contributed by atoms with E-state index in [1.807, 2.05) is 24.3 Å². The summed E-state index contributed by atoms with van der Waals surface area (Å²) in [6.45, 7) is 0.468. The van der Waals surface area contributed by atoms with E-state index in [0.717, 1.165) is 35.3 Å². The molecule has 0 aromatic heterocycles. The Hall–Kier alpha value is -2.34. The Labute approximate surface area is 141 Å². The minimum Gasteiger partial charge on any atom is -0.326 e. The first-order chi connectivity index (χ1) is 11.6. The first-order valence-electron chi connectivity index (χ1n) is 8.09. The highest BCUT2D eigenvalue weighted by Gasteiger charge is 2.31. The SMILES string of the molecule is O=C1CCCc2cc(S(=O)(=O)N3CCc4ccccc43)ccc2N1. The van der Waals surface area contributed by atoms with Gasteiger partial charge in [-0.1, -0.05) is 18.2 Å². The third-order valence-corrected chi connectivity index (χ3v) is 6.44. The number of anilines is 2. The van der Waals surface area contributed by atoms with Crippen molar-refractivity contribution in [3.05, 3.63) is 53.6 Å². The fourth-order valence-electron chi connectivity index (χ4n) is 3.40. The van der Waals surface area contributed by atoms with Crippen LogP contribution in [0.3, 0.4) is 0 Å². The van der Waals surface area contributed by atoms with E-state index in [2.05, 4.69) is 5.32 Å². The van der Waals surface area contributed by atoms with E-state index < -0.39 is 10.0 Å². The molecule has 0 bridgehead atoms. The van der Waals surface area contributed by atoms with Gasteiger partial charge in [0.25, 0.3) is 10.0 Å². The molecular formula is C18H18N2O3S. The van der Waals surface area contributed by atoms with Crippen LogP contribution < -0.4 is 9.62 Å². The molecule has 0 fully saturated rings. The van der Waals surface area contributed by atoms with Gasteiger partial charge in [0.05, 0.1) is 10.6 Å². The number of amides is 1. The van der Waals surface area contributed by atoms with Gasteiger partial charge >= 0.3 is 0 Å². The van der Waals surface area contributed by atoms with Crippen molar-refractivity contribution in [3.8, 4) is 0 Å². The maximum absolute atomic E-state index is 13.1. The van der Waals surface area contributed by atoms with Crippen LogP contribution in [0.2, 0.25) is 0 Å². The van der Waals surface area contributed by atoms with Crippen molar-refractivity contribution in [2.24, 2.45) is 0 Å². The number of sulfonamides is 1. The summed E-state index contributed by atoms with van der Waals surface area (Å²) >= 11 is 0. The standard InChI is InChI=1S/C18H18N2O3S/c21-18-7-3-5-14-12-15(8-9-16(14)19-18)24(22,23)20-11-10-13-4-1-2-6-17(13)20/h1-2,4,6,8-9,12H,3,5,7,10-11H2,(H,19,21). The minimum absolute atomic E-state index is 0.0159. The maximum atomic E-state index is 13.1. The van der Waals surface area contributed by atoms with Gasteiger partial charge in [0, 0.05) is 18.7 Å². The van der Waals surface area contributed by atoms with Crippen LogP contribution >= 0.6 is 0 Å². The number of carbonyl (C=O) groups is 1. The maximum Gasteiger partial charge on any atom is 0.264 e. The highest BCUT2D eigenvalue weighted by Crippen LogP contribution is 2.34. The van der Waals surface area contributed by atoms with Gasteiger partial charge in [-0.2, -0.15) is 0 Å². The molecule has 2 aliphatic rings. The number of hydrogen-bond acceptors (Lipinski definition) is 3. The van der Waals surface area contributed by atoms with E-state index in [0.29, 0.717) is 19.4 Å². The fraction of sp³-hybridized carbons (Fsp3) is 0.278. The Morgan fingerprint density at radius 1 is 0.958 bits per heavy atom. The molecule has 2 aromatic carbocycles. The Morgan fingerprint density at radius 2 is 1.79 bits per heavy atom. The third kappa shape index (κ3) is 2.47. The zero-order valence-corrected chi connectivity index (χ0v) is 14.0. The molecule has 0 aliphatic carbocycles. The second kappa shape index (κ2) is 5.63. The highest BCUT2D eigenvalue weighted by molar-refractivity contribution is 7.92. The molecule has 0 radical (unpaired) electrons. The number of rotatable bonds is 2. The van der Waals surface area contributed by atoms with Crippen LogP contribution in [0.1, 0.15) is 24.0 Å². The van der Waals surface area contributed by atoms with Crippen LogP contribution in [0.4, 0.5) is 11.4 Å². The Balaban J connectivity index is 1.74. The monoisotopic (exact) mass is 342 g/mol. The van der Waals surface area contributed by atoms with Crippen LogP contribution in [0.25, 0.3) is 0 Å². The zero-order valence-electron chi connectivity index (χ0n) is 13.2. The van der Waals surface area contributed by atoms with Crippen LogP contribution in [0.15, 0.2) is 47.4 Å². The molecule has 0 saturated carbocycles. The zero-order chi connectivity index (χ0) is 16.7. The first-order valence-corrected chi connectivity index (χ1v) is 9.53. The third-order valence-electron chi connectivity index (χ3n) is 4.63. The largest absolute Gasteiger partial charge is 0.326 e. The summed E-state index contributed by atoms with van der Waals surface area (Å²) in [4.78, 5) is 11.9. The lowest BCUT2D eigenvalue weighted by Crippen LogP contribution is -2.29. The van der Waals surface area contributed by atoms with Crippen molar-refractivity contribution in [1.82, 2.24) is 0 Å². The number of fused-ring (bicyclic) bond motifs is 2. The predicted octanol–water partition coefficient (Wildman–Crippen LogP) is 2.71. The van der Waals surface area contributed by atoms with E-state index in [4.69, 9.17) is 0 Å². The summed E-state index contributed by atoms with van der Waals surface area (Å²) in [7, 11) is -3.59. The Bertz CT molecular complexity index is 922. The molecule has 0 unspecified atom stereocenters. The van der Waals surface area contributed by atoms with E-state index in [-0.39, 0.29) is 10.8 Å². The molecule has 4 rings (SSSR count). The quantitative estimate of drug-likeness (QED) is 0.912. The van der Waals surface area contributed by atoms with Gasteiger partial charge in [-0.3, -0.25) is 9.10 Å². The summed E-state index contributed by atoms with van der Waals surface area (Å²) in [5, 5.41) is 2.84. The second-order valence-electron chi connectivity index (χ2n) is 6.18. The number of aryl methyl sites for hydroxylation is 1. The molecule has 2 heterocycles. The topological polar surface area (TPSA) is 66.5 Å². The minimum atomic E-state index is -3.59. The molecule has 1 N–H and O–H groups in total. The average Bonchev–Trinajstić information content (AvgIpc) is 2.92. The normalized spacial score (nSPS) is 17.0. The van der Waals surface area contributed by atoms with Crippen LogP contribution in [0, 0.1) is 0 Å². The summed E-state index contributed by atoms with van der Waals surface area (Å²) in [5.41, 5.74) is 3.43. The van der Waals surface area contributed by atoms with Crippen LogP contribution in [-0.2, 0) is 27.7 Å². The molecule has 1 amide bonds. The van der Waals surface area contributed by atoms with E-state index in [9.17, 15) is 13.2 Å². The highest BCUT2D eigenvalue weighted by atomic mass is 32.2. The number of nitrogens with zero attached hydrogens (tertiary/aromatic N) is 1. The molecule has 6 heteroatoms. The van der Waals surface area contributed by atoms with Crippen molar-refractivity contribution < 1.29 is 13.2 Å². The molecule has 0 spiro atoms. The smallest absolute Gasteiger partial charge is 0.264 e. The number of carbonyl (C=O) groups excluding carboxylic acids is 1. The van der Waals surface area contributed by atoms with Gasteiger partial charge in [0.1, 0.15) is 0 Å². The van der Waals surface area contributed by atoms with Gasteiger partial charge in [0.15, 0.2) is 0 Å². The van der Waals surface area contributed by atoms with Gasteiger partial charge in [-0.05, 0) is 54.7 Å². The molecular weight excluding hydrogens is 324 g/mol. The van der Waals surface area contributed by atoms with Gasteiger partial charge in [-0.15, -0.1) is 0 Å². The number of benzene rings is 2. The van der Waals surface area contributed by atoms with Crippen LogP contribution in [-0.4, -0.2) is 20.9 Å². The summed E-state index contributed by atoms with van der Waals surface area (Å²) < 4.78 is 27.6. The number of hydrogen-bond donors (Lipinski definition) is 1. The van der Waals surface area contributed by atoms with Crippen molar-refractivity contribution in [2.75, 3.05) is 16.2 Å². The van der Waals surface area contributed by atoms with Gasteiger partial charge in [0.2, 0.25) is 5.91 Å². The lowest BCUT2D eigenvalue weighted by molar-refractivity contribution is -0.116. The molecule has 0 atom stereocenters. The predicted molar refractivity (Wildman–Crippen MR) is 92.7 cm³/mol. The lowest BCUT2D eigenvalue weighted by atomic mass is 10.1. The summed E-state index contributed by atoms with van der Waals surface area (Å²) in [6.07, 6.45) is 2.63. The van der Waals surface area contributed by atoms with Gasteiger partial charge in [-0.25, -0.2) is 8.42 Å². The average molecular weight is 342 g/mol. The Kier molecular flexibility index (Phi) is 3.57. The van der Waals surface area contributed by atoms with Crippen molar-refractivity contribution in [1.29, 1.82) is 0 Å². The second-order valence-corrected chi connectivity index (χ2v) is 8.04. The summed E-state index contributed by atoms with van der Waals surface area (Å²) in [6, 6.07) is 12.6. The molecule has 0 saturated heterocycles. The van der Waals surface area contributed by atoms with Crippen molar-refractivity contribution in [2.45, 2.75) is 30.6 Å². The molecule has 2 aromatic rings. The van der Waals surface area contributed by atoms with E-state index in [1.54, 1.807) is 18.2 Å². The fourth-order valence-corrected chi connectivity index (χ4v) is 4.95. The van der Waals surface area contributed by atoms with Gasteiger partial charge < -0.3 is 5.32 Å². The van der Waals surface area contributed by atoms with Crippen molar-refractivity contribution in [3.63, 3.8) is 0 Å². The Morgan fingerprint density at radius 3 is 2.67 bits per heavy atom. The van der Waals surface area contributed by atoms with E-state index >= 15 is 0 Å². The summed E-state index contributed by atoms with van der Waals surface area (Å²) in [5.74, 6) is -0.0159.